The predicted molar refractivity (Wildman–Crippen MR) is 61.8 cm³/mol. The van der Waals surface area contributed by atoms with Crippen LogP contribution in [0.2, 0.25) is 0 Å². The summed E-state index contributed by atoms with van der Waals surface area (Å²) in [4.78, 5) is 16.7. The zero-order chi connectivity index (χ0) is 11.6. The van der Waals surface area contributed by atoms with E-state index in [4.69, 9.17) is 5.11 Å². The molecule has 0 bridgehead atoms. The van der Waals surface area contributed by atoms with Crippen molar-refractivity contribution in [2.24, 2.45) is 5.92 Å². The van der Waals surface area contributed by atoms with E-state index in [2.05, 4.69) is 25.8 Å². The molecule has 84 valence electrons. The Morgan fingerprint density at radius 2 is 2.13 bits per heavy atom. The largest absolute Gasteiger partial charge is 0.476 e. The van der Waals surface area contributed by atoms with Crippen LogP contribution in [0.5, 0.6) is 0 Å². The number of carboxylic acid groups (broad SMARTS) is 1. The maximum atomic E-state index is 10.7. The Bertz CT molecular complexity index is 349. The minimum Gasteiger partial charge on any atom is -0.476 e. The van der Waals surface area contributed by atoms with Crippen LogP contribution in [0.1, 0.15) is 31.3 Å². The molecule has 1 aromatic rings. The number of hydrogen-bond acceptors (Lipinski definition) is 4. The molecule has 0 spiro atoms. The molecule has 5 heteroatoms. The maximum Gasteiger partial charge on any atom is 0.355 e. The van der Waals surface area contributed by atoms with E-state index in [0.29, 0.717) is 12.0 Å². The summed E-state index contributed by atoms with van der Waals surface area (Å²) in [5.41, 5.74) is 0.123. The molecule has 0 aliphatic heterocycles. The Morgan fingerprint density at radius 1 is 1.53 bits per heavy atom. The standard InChI is InChI=1S/C10H16N2O2S/c1-6(2)7(3)12(4)10-11-8(5-15-10)9(13)14/h5-7H,1-4H3,(H,13,14). The lowest BCUT2D eigenvalue weighted by Crippen LogP contribution is -2.33. The van der Waals surface area contributed by atoms with Crippen molar-refractivity contribution in [3.05, 3.63) is 11.1 Å². The van der Waals surface area contributed by atoms with Gasteiger partial charge in [-0.25, -0.2) is 9.78 Å². The number of carbonyl (C=O) groups is 1. The highest BCUT2D eigenvalue weighted by molar-refractivity contribution is 7.13. The summed E-state index contributed by atoms with van der Waals surface area (Å²) in [5.74, 6) is -0.463. The minimum atomic E-state index is -0.969. The molecule has 1 rings (SSSR count). The fourth-order valence-electron chi connectivity index (χ4n) is 1.15. The third-order valence-electron chi connectivity index (χ3n) is 2.59. The van der Waals surface area contributed by atoms with Crippen molar-refractivity contribution in [1.29, 1.82) is 0 Å². The number of hydrogen-bond donors (Lipinski definition) is 1. The van der Waals surface area contributed by atoms with Crippen LogP contribution in [0.25, 0.3) is 0 Å². The number of aromatic nitrogens is 1. The number of aromatic carboxylic acids is 1. The Kier molecular flexibility index (Phi) is 3.68. The van der Waals surface area contributed by atoms with Crippen molar-refractivity contribution in [3.63, 3.8) is 0 Å². The molecule has 0 aromatic carbocycles. The average molecular weight is 228 g/mol. The number of nitrogens with zero attached hydrogens (tertiary/aromatic N) is 2. The highest BCUT2D eigenvalue weighted by Crippen LogP contribution is 2.23. The molecule has 1 unspecified atom stereocenters. The molecule has 1 heterocycles. The lowest BCUT2D eigenvalue weighted by Gasteiger charge is -2.27. The Morgan fingerprint density at radius 3 is 2.53 bits per heavy atom. The fraction of sp³-hybridized carbons (Fsp3) is 0.600. The van der Waals surface area contributed by atoms with Crippen LogP contribution in [0.15, 0.2) is 5.38 Å². The summed E-state index contributed by atoms with van der Waals surface area (Å²) in [6.45, 7) is 6.37. The average Bonchev–Trinajstić information content (AvgIpc) is 2.64. The van der Waals surface area contributed by atoms with Crippen molar-refractivity contribution >= 4 is 22.4 Å². The van der Waals surface area contributed by atoms with Gasteiger partial charge in [0.05, 0.1) is 0 Å². The van der Waals surface area contributed by atoms with Gasteiger partial charge < -0.3 is 10.0 Å². The summed E-state index contributed by atoms with van der Waals surface area (Å²) < 4.78 is 0. The molecule has 1 aromatic heterocycles. The van der Waals surface area contributed by atoms with E-state index >= 15 is 0 Å². The Hall–Kier alpha value is -1.10. The zero-order valence-electron chi connectivity index (χ0n) is 9.39. The van der Waals surface area contributed by atoms with Gasteiger partial charge in [0.2, 0.25) is 0 Å². The van der Waals surface area contributed by atoms with Gasteiger partial charge in [0.1, 0.15) is 0 Å². The fourth-order valence-corrected chi connectivity index (χ4v) is 2.00. The van der Waals surface area contributed by atoms with Gasteiger partial charge in [-0.15, -0.1) is 11.3 Å². The van der Waals surface area contributed by atoms with E-state index in [0.717, 1.165) is 5.13 Å². The lowest BCUT2D eigenvalue weighted by atomic mass is 10.1. The van der Waals surface area contributed by atoms with E-state index in [9.17, 15) is 4.79 Å². The summed E-state index contributed by atoms with van der Waals surface area (Å²) in [6.07, 6.45) is 0. The van der Waals surface area contributed by atoms with Crippen molar-refractivity contribution in [3.8, 4) is 0 Å². The minimum absolute atomic E-state index is 0.123. The van der Waals surface area contributed by atoms with Crippen LogP contribution in [-0.4, -0.2) is 29.1 Å². The van der Waals surface area contributed by atoms with Crippen LogP contribution < -0.4 is 4.90 Å². The van der Waals surface area contributed by atoms with Gasteiger partial charge in [-0.2, -0.15) is 0 Å². The number of rotatable bonds is 4. The first-order valence-electron chi connectivity index (χ1n) is 4.85. The third-order valence-corrected chi connectivity index (χ3v) is 3.52. The van der Waals surface area contributed by atoms with Crippen molar-refractivity contribution in [2.75, 3.05) is 11.9 Å². The molecule has 0 saturated heterocycles. The van der Waals surface area contributed by atoms with Gasteiger partial charge in [0, 0.05) is 18.5 Å². The second kappa shape index (κ2) is 4.61. The van der Waals surface area contributed by atoms with Crippen molar-refractivity contribution in [1.82, 2.24) is 4.98 Å². The zero-order valence-corrected chi connectivity index (χ0v) is 10.2. The Labute approximate surface area is 93.6 Å². The molecular weight excluding hydrogens is 212 g/mol. The number of thiazole rings is 1. The molecule has 15 heavy (non-hydrogen) atoms. The first-order valence-corrected chi connectivity index (χ1v) is 5.73. The van der Waals surface area contributed by atoms with Crippen LogP contribution in [0.4, 0.5) is 5.13 Å². The maximum absolute atomic E-state index is 10.7. The summed E-state index contributed by atoms with van der Waals surface area (Å²) in [5, 5.41) is 11.1. The van der Waals surface area contributed by atoms with E-state index in [-0.39, 0.29) is 5.69 Å². The topological polar surface area (TPSA) is 53.4 Å². The van der Waals surface area contributed by atoms with Gasteiger partial charge in [-0.05, 0) is 12.8 Å². The normalized spacial score (nSPS) is 12.9. The second-order valence-corrected chi connectivity index (χ2v) is 4.75. The molecule has 1 N–H and O–H groups in total. The van der Waals surface area contributed by atoms with Gasteiger partial charge in [-0.3, -0.25) is 0 Å². The van der Waals surface area contributed by atoms with Gasteiger partial charge >= 0.3 is 5.97 Å². The van der Waals surface area contributed by atoms with Crippen molar-refractivity contribution in [2.45, 2.75) is 26.8 Å². The molecule has 0 aliphatic rings. The molecular formula is C10H16N2O2S. The van der Waals surface area contributed by atoms with E-state index in [1.165, 1.54) is 11.3 Å². The highest BCUT2D eigenvalue weighted by Gasteiger charge is 2.17. The lowest BCUT2D eigenvalue weighted by molar-refractivity contribution is 0.0691. The van der Waals surface area contributed by atoms with Crippen molar-refractivity contribution < 1.29 is 9.90 Å². The molecule has 1 atom stereocenters. The molecule has 0 radical (unpaired) electrons. The summed E-state index contributed by atoms with van der Waals surface area (Å²) in [7, 11) is 1.94. The SMILES string of the molecule is CC(C)C(C)N(C)c1nc(C(=O)O)cs1. The number of carboxylic acids is 1. The van der Waals surface area contributed by atoms with Crippen LogP contribution in [0, 0.1) is 5.92 Å². The van der Waals surface area contributed by atoms with E-state index < -0.39 is 5.97 Å². The molecule has 0 saturated carbocycles. The molecule has 4 nitrogen and oxygen atoms in total. The van der Waals surface area contributed by atoms with E-state index in [1.54, 1.807) is 5.38 Å². The van der Waals surface area contributed by atoms with Gasteiger partial charge in [0.15, 0.2) is 10.8 Å². The van der Waals surface area contributed by atoms with Crippen LogP contribution in [0.3, 0.4) is 0 Å². The first-order chi connectivity index (χ1) is 6.93. The molecule has 0 amide bonds. The smallest absolute Gasteiger partial charge is 0.355 e. The monoisotopic (exact) mass is 228 g/mol. The highest BCUT2D eigenvalue weighted by atomic mass is 32.1. The predicted octanol–water partition coefficient (Wildman–Crippen LogP) is 2.32. The van der Waals surface area contributed by atoms with E-state index in [1.807, 2.05) is 11.9 Å². The Balaban J connectivity index is 2.82. The summed E-state index contributed by atoms with van der Waals surface area (Å²) in [6, 6.07) is 0.345. The molecule has 0 fully saturated rings. The first kappa shape index (κ1) is 12.0. The van der Waals surface area contributed by atoms with Gasteiger partial charge in [0.25, 0.3) is 0 Å². The number of anilines is 1. The van der Waals surface area contributed by atoms with Gasteiger partial charge in [-0.1, -0.05) is 13.8 Å². The van der Waals surface area contributed by atoms with Crippen LogP contribution >= 0.6 is 11.3 Å². The molecule has 0 aliphatic carbocycles. The second-order valence-electron chi connectivity index (χ2n) is 3.92. The quantitative estimate of drug-likeness (QED) is 0.859. The third kappa shape index (κ3) is 2.68. The summed E-state index contributed by atoms with van der Waals surface area (Å²) >= 11 is 1.37. The van der Waals surface area contributed by atoms with Crippen LogP contribution in [-0.2, 0) is 0 Å².